The SMILES string of the molecule is Cn1cc(C(F)(F)F)nc1C12CCC(CNc3nc(Cl)nc4ccoc34)(CC1)CC2. The number of nitrogens with zero attached hydrogens (tertiary/aromatic N) is 4. The molecule has 0 radical (unpaired) electrons. The van der Waals surface area contributed by atoms with Gasteiger partial charge in [-0.05, 0) is 55.5 Å². The van der Waals surface area contributed by atoms with Crippen molar-refractivity contribution in [3.63, 3.8) is 0 Å². The van der Waals surface area contributed by atoms with Crippen molar-refractivity contribution in [2.45, 2.75) is 50.1 Å². The number of fused-ring (bicyclic) bond motifs is 4. The summed E-state index contributed by atoms with van der Waals surface area (Å²) in [6.45, 7) is 0.709. The minimum absolute atomic E-state index is 0.0795. The van der Waals surface area contributed by atoms with E-state index in [9.17, 15) is 13.2 Å². The minimum atomic E-state index is -4.42. The molecule has 0 amide bonds. The van der Waals surface area contributed by atoms with Crippen LogP contribution in [0.25, 0.3) is 11.1 Å². The molecule has 1 N–H and O–H groups in total. The first-order valence-corrected chi connectivity index (χ1v) is 10.3. The maximum absolute atomic E-state index is 13.1. The number of rotatable bonds is 4. The monoisotopic (exact) mass is 439 g/mol. The molecule has 6 nitrogen and oxygen atoms in total. The van der Waals surface area contributed by atoms with Gasteiger partial charge in [0.05, 0.1) is 6.26 Å². The molecule has 30 heavy (non-hydrogen) atoms. The first-order valence-electron chi connectivity index (χ1n) is 9.96. The zero-order chi connectivity index (χ0) is 21.1. The van der Waals surface area contributed by atoms with Crippen LogP contribution in [-0.4, -0.2) is 26.1 Å². The number of hydrogen-bond donors (Lipinski definition) is 1. The summed E-state index contributed by atoms with van der Waals surface area (Å²) in [5.74, 6) is 1.14. The molecule has 3 heterocycles. The average Bonchev–Trinajstić information content (AvgIpc) is 3.34. The van der Waals surface area contributed by atoms with Crippen LogP contribution < -0.4 is 5.32 Å². The van der Waals surface area contributed by atoms with Gasteiger partial charge >= 0.3 is 6.18 Å². The Bertz CT molecular complexity index is 1080. The van der Waals surface area contributed by atoms with E-state index in [1.165, 1.54) is 0 Å². The molecule has 0 aliphatic heterocycles. The maximum atomic E-state index is 13.1. The highest BCUT2D eigenvalue weighted by atomic mass is 35.5. The zero-order valence-electron chi connectivity index (χ0n) is 16.4. The van der Waals surface area contributed by atoms with Gasteiger partial charge in [0, 0.05) is 31.3 Å². The van der Waals surface area contributed by atoms with Crippen molar-refractivity contribution >= 4 is 28.5 Å². The Morgan fingerprint density at radius 1 is 1.13 bits per heavy atom. The zero-order valence-corrected chi connectivity index (χ0v) is 17.1. The van der Waals surface area contributed by atoms with Crippen molar-refractivity contribution in [1.29, 1.82) is 0 Å². The predicted molar refractivity (Wildman–Crippen MR) is 105 cm³/mol. The third kappa shape index (κ3) is 3.14. The molecule has 6 rings (SSSR count). The maximum Gasteiger partial charge on any atom is 0.434 e. The number of alkyl halides is 3. The van der Waals surface area contributed by atoms with Gasteiger partial charge in [0.25, 0.3) is 0 Å². The van der Waals surface area contributed by atoms with E-state index < -0.39 is 11.9 Å². The van der Waals surface area contributed by atoms with Gasteiger partial charge in [-0.15, -0.1) is 0 Å². The van der Waals surface area contributed by atoms with Gasteiger partial charge in [0.1, 0.15) is 11.3 Å². The number of nitrogens with one attached hydrogen (secondary N) is 1. The summed E-state index contributed by atoms with van der Waals surface area (Å²) in [7, 11) is 1.66. The molecular formula is C20H21ClF3N5O. The highest BCUT2D eigenvalue weighted by Gasteiger charge is 2.51. The number of imidazole rings is 1. The van der Waals surface area contributed by atoms with E-state index in [-0.39, 0.29) is 16.1 Å². The van der Waals surface area contributed by atoms with Gasteiger partial charge in [-0.25, -0.2) is 9.97 Å². The second-order valence-corrected chi connectivity index (χ2v) is 9.01. The van der Waals surface area contributed by atoms with Crippen LogP contribution in [0.5, 0.6) is 0 Å². The van der Waals surface area contributed by atoms with E-state index in [0.29, 0.717) is 29.3 Å². The molecule has 160 valence electrons. The van der Waals surface area contributed by atoms with Gasteiger partial charge < -0.3 is 14.3 Å². The molecule has 3 saturated carbocycles. The number of furan rings is 1. The molecule has 0 saturated heterocycles. The molecule has 3 aliphatic rings. The van der Waals surface area contributed by atoms with Gasteiger partial charge in [0.15, 0.2) is 17.1 Å². The largest absolute Gasteiger partial charge is 0.459 e. The number of hydrogen-bond acceptors (Lipinski definition) is 5. The Morgan fingerprint density at radius 2 is 1.83 bits per heavy atom. The summed E-state index contributed by atoms with van der Waals surface area (Å²) in [5.41, 5.74) is 0.227. The van der Waals surface area contributed by atoms with Crippen LogP contribution in [0.3, 0.4) is 0 Å². The van der Waals surface area contributed by atoms with E-state index in [2.05, 4.69) is 20.3 Å². The van der Waals surface area contributed by atoms with Crippen molar-refractivity contribution in [2.24, 2.45) is 12.5 Å². The van der Waals surface area contributed by atoms with Crippen molar-refractivity contribution in [1.82, 2.24) is 19.5 Å². The lowest BCUT2D eigenvalue weighted by Crippen LogP contribution is -2.48. The standard InChI is InChI=1S/C20H21ClF3N5O/c1-29-10-13(20(22,23)24)27-16(29)19-6-3-18(4-7-19,5-8-19)11-25-15-14-12(2-9-30-14)26-17(21)28-15/h2,9-10H,3-8,11H2,1H3,(H,25,26,28). The van der Waals surface area contributed by atoms with Crippen LogP contribution >= 0.6 is 11.6 Å². The fourth-order valence-electron chi connectivity index (χ4n) is 5.19. The topological polar surface area (TPSA) is 68.8 Å². The smallest absolute Gasteiger partial charge is 0.434 e. The lowest BCUT2D eigenvalue weighted by Gasteiger charge is -2.53. The lowest BCUT2D eigenvalue weighted by atomic mass is 9.53. The average molecular weight is 440 g/mol. The van der Waals surface area contributed by atoms with Gasteiger partial charge in [-0.2, -0.15) is 18.2 Å². The van der Waals surface area contributed by atoms with E-state index in [4.69, 9.17) is 16.0 Å². The summed E-state index contributed by atoms with van der Waals surface area (Å²) in [6, 6.07) is 1.74. The van der Waals surface area contributed by atoms with Gasteiger partial charge in [0.2, 0.25) is 5.28 Å². The Balaban J connectivity index is 1.33. The highest BCUT2D eigenvalue weighted by Crippen LogP contribution is 2.57. The predicted octanol–water partition coefficient (Wildman–Crippen LogP) is 5.33. The normalized spacial score (nSPS) is 26.4. The van der Waals surface area contributed by atoms with Crippen LogP contribution in [0.2, 0.25) is 5.28 Å². The van der Waals surface area contributed by atoms with Gasteiger partial charge in [-0.1, -0.05) is 0 Å². The minimum Gasteiger partial charge on any atom is -0.459 e. The third-order valence-corrected chi connectivity index (χ3v) is 7.12. The van der Waals surface area contributed by atoms with Crippen LogP contribution in [0.15, 0.2) is 22.9 Å². The molecule has 3 aromatic heterocycles. The van der Waals surface area contributed by atoms with Crippen molar-refractivity contribution in [2.75, 3.05) is 11.9 Å². The van der Waals surface area contributed by atoms with Crippen molar-refractivity contribution in [3.8, 4) is 0 Å². The second kappa shape index (κ2) is 6.60. The third-order valence-electron chi connectivity index (χ3n) is 6.95. The van der Waals surface area contributed by atoms with Crippen LogP contribution in [0, 0.1) is 5.41 Å². The molecule has 3 aromatic rings. The Kier molecular flexibility index (Phi) is 4.33. The lowest BCUT2D eigenvalue weighted by molar-refractivity contribution is -0.141. The molecule has 0 atom stereocenters. The Morgan fingerprint density at radius 3 is 2.47 bits per heavy atom. The molecule has 3 fully saturated rings. The van der Waals surface area contributed by atoms with Crippen LogP contribution in [-0.2, 0) is 18.6 Å². The first-order chi connectivity index (χ1) is 14.2. The molecular weight excluding hydrogens is 419 g/mol. The molecule has 0 spiro atoms. The first kappa shape index (κ1) is 19.7. The van der Waals surface area contributed by atoms with Crippen molar-refractivity contribution in [3.05, 3.63) is 35.3 Å². The molecule has 3 aliphatic carbocycles. The summed E-state index contributed by atoms with van der Waals surface area (Å²) in [5, 5.41) is 3.55. The van der Waals surface area contributed by atoms with E-state index in [1.54, 1.807) is 23.9 Å². The van der Waals surface area contributed by atoms with Crippen molar-refractivity contribution < 1.29 is 17.6 Å². The second-order valence-electron chi connectivity index (χ2n) is 8.67. The summed E-state index contributed by atoms with van der Waals surface area (Å²) < 4.78 is 46.4. The highest BCUT2D eigenvalue weighted by molar-refractivity contribution is 6.28. The summed E-state index contributed by atoms with van der Waals surface area (Å²) >= 11 is 6.02. The van der Waals surface area contributed by atoms with E-state index in [1.807, 2.05) is 0 Å². The van der Waals surface area contributed by atoms with Crippen LogP contribution in [0.4, 0.5) is 19.0 Å². The quantitative estimate of drug-likeness (QED) is 0.556. The summed E-state index contributed by atoms with van der Waals surface area (Å²) in [4.78, 5) is 12.4. The molecule has 0 aromatic carbocycles. The molecule has 2 bridgehead atoms. The number of aryl methyl sites for hydroxylation is 1. The fourth-order valence-corrected chi connectivity index (χ4v) is 5.36. The van der Waals surface area contributed by atoms with E-state index in [0.717, 1.165) is 44.7 Å². The van der Waals surface area contributed by atoms with Gasteiger partial charge in [-0.3, -0.25) is 0 Å². The van der Waals surface area contributed by atoms with Crippen LogP contribution in [0.1, 0.15) is 50.0 Å². The molecule has 0 unspecified atom stereocenters. The Labute approximate surface area is 175 Å². The fraction of sp³-hybridized carbons (Fsp3) is 0.550. The van der Waals surface area contributed by atoms with E-state index >= 15 is 0 Å². The summed E-state index contributed by atoms with van der Waals surface area (Å²) in [6.07, 6.45) is 3.51. The molecule has 10 heteroatoms. The Hall–Kier alpha value is -2.29. The number of aromatic nitrogens is 4. The number of halogens is 4. The number of anilines is 1.